The Morgan fingerprint density at radius 3 is 2.68 bits per heavy atom. The smallest absolute Gasteiger partial charge is 0.342 e. The number of benzene rings is 2. The molecule has 4 rings (SSSR count). The van der Waals surface area contributed by atoms with Crippen molar-refractivity contribution < 1.29 is 13.9 Å². The van der Waals surface area contributed by atoms with E-state index in [9.17, 15) is 9.18 Å². The molecule has 3 aromatic rings. The predicted molar refractivity (Wildman–Crippen MR) is 133 cm³/mol. The minimum atomic E-state index is -0.327. The minimum Gasteiger partial charge on any atom is -0.459 e. The van der Waals surface area contributed by atoms with Crippen molar-refractivity contribution in [2.24, 2.45) is 0 Å². The van der Waals surface area contributed by atoms with E-state index in [1.165, 1.54) is 17.7 Å². The van der Waals surface area contributed by atoms with Crippen LogP contribution >= 0.6 is 0 Å². The number of likely N-dealkylation sites (N-methyl/N-ethyl adjacent to an activating group) is 1. The number of carbonyl (C=O) groups is 1. The Labute approximate surface area is 201 Å². The van der Waals surface area contributed by atoms with Gasteiger partial charge in [0.1, 0.15) is 17.2 Å². The van der Waals surface area contributed by atoms with Gasteiger partial charge in [0.25, 0.3) is 0 Å². The van der Waals surface area contributed by atoms with E-state index in [4.69, 9.17) is 4.74 Å². The maximum absolute atomic E-state index is 13.3. The fraction of sp³-hybridized carbons (Fsp3) is 0.357. The van der Waals surface area contributed by atoms with E-state index >= 15 is 0 Å². The van der Waals surface area contributed by atoms with Crippen molar-refractivity contribution in [3.05, 3.63) is 83.8 Å². The largest absolute Gasteiger partial charge is 0.459 e. The number of aromatic nitrogens is 1. The maximum Gasteiger partial charge on any atom is 0.342 e. The molecule has 0 radical (unpaired) electrons. The van der Waals surface area contributed by atoms with Gasteiger partial charge in [-0.25, -0.2) is 14.2 Å². The van der Waals surface area contributed by atoms with Crippen LogP contribution in [0.25, 0.3) is 11.1 Å². The molecule has 0 N–H and O–H groups in total. The molecule has 1 atom stereocenters. The first kappa shape index (κ1) is 23.9. The van der Waals surface area contributed by atoms with Crippen LogP contribution < -0.4 is 4.90 Å². The van der Waals surface area contributed by atoms with E-state index in [-0.39, 0.29) is 17.9 Å². The van der Waals surface area contributed by atoms with Gasteiger partial charge in [-0.05, 0) is 73.8 Å². The predicted octanol–water partition coefficient (Wildman–Crippen LogP) is 5.55. The third kappa shape index (κ3) is 5.62. The molecule has 34 heavy (non-hydrogen) atoms. The van der Waals surface area contributed by atoms with E-state index in [1.54, 1.807) is 18.3 Å². The highest BCUT2D eigenvalue weighted by Crippen LogP contribution is 2.27. The molecule has 1 saturated heterocycles. The first-order chi connectivity index (χ1) is 16.4. The first-order valence-corrected chi connectivity index (χ1v) is 11.9. The van der Waals surface area contributed by atoms with Crippen molar-refractivity contribution in [2.45, 2.75) is 45.9 Å². The number of nitrogens with zero attached hydrogens (tertiary/aromatic N) is 3. The van der Waals surface area contributed by atoms with Crippen LogP contribution in [-0.4, -0.2) is 47.6 Å². The normalized spacial score (nSPS) is 15.8. The lowest BCUT2D eigenvalue weighted by atomic mass is 10.0. The highest BCUT2D eigenvalue weighted by atomic mass is 19.1. The van der Waals surface area contributed by atoms with Crippen LogP contribution in [0, 0.1) is 5.82 Å². The molecule has 0 aliphatic carbocycles. The number of hydrogen-bond donors (Lipinski definition) is 0. The van der Waals surface area contributed by atoms with Crippen molar-refractivity contribution in [2.75, 3.05) is 24.5 Å². The van der Waals surface area contributed by atoms with Crippen LogP contribution in [0.15, 0.2) is 66.9 Å². The molecule has 0 bridgehead atoms. The summed E-state index contributed by atoms with van der Waals surface area (Å²) in [5, 5.41) is 0. The average molecular weight is 462 g/mol. The summed E-state index contributed by atoms with van der Waals surface area (Å²) in [6, 6.07) is 19.0. The topological polar surface area (TPSA) is 45.7 Å². The molecular formula is C28H32FN3O2. The van der Waals surface area contributed by atoms with Crippen molar-refractivity contribution in [1.29, 1.82) is 0 Å². The molecule has 1 fully saturated rings. The Bertz CT molecular complexity index is 1120. The second-order valence-corrected chi connectivity index (χ2v) is 8.99. The van der Waals surface area contributed by atoms with E-state index in [0.29, 0.717) is 17.4 Å². The monoisotopic (exact) mass is 461 g/mol. The van der Waals surface area contributed by atoms with Gasteiger partial charge in [0.05, 0.1) is 6.10 Å². The number of anilines is 1. The molecule has 5 nitrogen and oxygen atoms in total. The summed E-state index contributed by atoms with van der Waals surface area (Å²) in [7, 11) is 0. The third-order valence-corrected chi connectivity index (χ3v) is 6.23. The number of pyridine rings is 1. The number of halogens is 1. The molecule has 6 heteroatoms. The zero-order chi connectivity index (χ0) is 24.1. The van der Waals surface area contributed by atoms with E-state index in [1.807, 2.05) is 26.0 Å². The lowest BCUT2D eigenvalue weighted by Crippen LogP contribution is -2.37. The lowest BCUT2D eigenvalue weighted by Gasteiger charge is -2.28. The van der Waals surface area contributed by atoms with Gasteiger partial charge in [-0.15, -0.1) is 0 Å². The summed E-state index contributed by atoms with van der Waals surface area (Å²) in [6.07, 6.45) is 2.56. The molecule has 1 unspecified atom stereocenters. The molecule has 0 saturated carbocycles. The first-order valence-electron chi connectivity index (χ1n) is 11.9. The van der Waals surface area contributed by atoms with E-state index in [2.05, 4.69) is 46.0 Å². The Balaban J connectivity index is 1.46. The molecule has 1 aromatic heterocycles. The van der Waals surface area contributed by atoms with Crippen LogP contribution in [0.5, 0.6) is 0 Å². The fourth-order valence-corrected chi connectivity index (χ4v) is 4.54. The third-order valence-electron chi connectivity index (χ3n) is 6.23. The van der Waals surface area contributed by atoms with Gasteiger partial charge >= 0.3 is 5.97 Å². The molecule has 0 spiro atoms. The minimum absolute atomic E-state index is 0.173. The van der Waals surface area contributed by atoms with Gasteiger partial charge in [0.2, 0.25) is 0 Å². The second kappa shape index (κ2) is 10.8. The van der Waals surface area contributed by atoms with Crippen LogP contribution in [0.1, 0.15) is 43.1 Å². The Kier molecular flexibility index (Phi) is 7.58. The van der Waals surface area contributed by atoms with Crippen molar-refractivity contribution in [3.63, 3.8) is 0 Å². The molecule has 178 valence electrons. The highest BCUT2D eigenvalue weighted by molar-refractivity contribution is 5.95. The summed E-state index contributed by atoms with van der Waals surface area (Å²) >= 11 is 0. The van der Waals surface area contributed by atoms with Crippen LogP contribution in [-0.2, 0) is 11.3 Å². The molecule has 2 aromatic carbocycles. The Morgan fingerprint density at radius 2 is 1.94 bits per heavy atom. The van der Waals surface area contributed by atoms with Crippen molar-refractivity contribution in [1.82, 2.24) is 9.88 Å². The van der Waals surface area contributed by atoms with Gasteiger partial charge in [-0.1, -0.05) is 37.3 Å². The lowest BCUT2D eigenvalue weighted by molar-refractivity contribution is 0.0378. The quantitative estimate of drug-likeness (QED) is 0.412. The van der Waals surface area contributed by atoms with Crippen LogP contribution in [0.2, 0.25) is 0 Å². The summed E-state index contributed by atoms with van der Waals surface area (Å²) in [5.41, 5.74) is 3.84. The number of esters is 1. The van der Waals surface area contributed by atoms with Gasteiger partial charge < -0.3 is 9.64 Å². The van der Waals surface area contributed by atoms with Gasteiger partial charge in [-0.3, -0.25) is 4.90 Å². The van der Waals surface area contributed by atoms with E-state index < -0.39 is 0 Å². The molecular weight excluding hydrogens is 429 g/mol. The van der Waals surface area contributed by atoms with Crippen LogP contribution in [0.4, 0.5) is 10.2 Å². The van der Waals surface area contributed by atoms with Gasteiger partial charge in [-0.2, -0.15) is 0 Å². The Morgan fingerprint density at radius 1 is 1.15 bits per heavy atom. The number of ether oxygens (including phenoxy) is 1. The SMILES string of the molecule is CCN(Cc1cccc(-c2ccc(F)cc2)c1)C1CCN(c2ncccc2C(=O)OC(C)C)C1. The summed E-state index contributed by atoms with van der Waals surface area (Å²) in [4.78, 5) is 21.8. The Hall–Kier alpha value is -3.25. The summed E-state index contributed by atoms with van der Waals surface area (Å²) in [6.45, 7) is 9.28. The molecule has 2 heterocycles. The summed E-state index contributed by atoms with van der Waals surface area (Å²) in [5.74, 6) is 0.146. The molecule has 1 aliphatic heterocycles. The zero-order valence-electron chi connectivity index (χ0n) is 20.1. The van der Waals surface area contributed by atoms with Crippen LogP contribution in [0.3, 0.4) is 0 Å². The standard InChI is InChI=1S/C28H32FN3O2/c1-4-31(18-21-7-5-8-23(17-21)22-10-12-24(29)13-11-22)25-14-16-32(19-25)27-26(9-6-15-30-27)28(33)34-20(2)3/h5-13,15,17,20,25H,4,14,16,18-19H2,1-3H3. The van der Waals surface area contributed by atoms with Crippen molar-refractivity contribution >= 4 is 11.8 Å². The number of rotatable bonds is 8. The fourth-order valence-electron chi connectivity index (χ4n) is 4.54. The maximum atomic E-state index is 13.3. The zero-order valence-corrected chi connectivity index (χ0v) is 20.1. The van der Waals surface area contributed by atoms with Gasteiger partial charge in [0.15, 0.2) is 0 Å². The highest BCUT2D eigenvalue weighted by Gasteiger charge is 2.30. The van der Waals surface area contributed by atoms with E-state index in [0.717, 1.165) is 43.7 Å². The number of hydrogen-bond acceptors (Lipinski definition) is 5. The van der Waals surface area contributed by atoms with Crippen molar-refractivity contribution in [3.8, 4) is 11.1 Å². The average Bonchev–Trinajstić information content (AvgIpc) is 3.33. The van der Waals surface area contributed by atoms with Gasteiger partial charge in [0, 0.05) is 31.9 Å². The number of carbonyl (C=O) groups excluding carboxylic acids is 1. The summed E-state index contributed by atoms with van der Waals surface area (Å²) < 4.78 is 18.7. The molecule has 1 aliphatic rings. The second-order valence-electron chi connectivity index (χ2n) is 8.99. The molecule has 0 amide bonds.